The molecule has 3 aromatic rings. The van der Waals surface area contributed by atoms with Gasteiger partial charge >= 0.3 is 0 Å². The number of benzene rings is 3. The molecule has 0 aliphatic heterocycles. The summed E-state index contributed by atoms with van der Waals surface area (Å²) in [5.74, 6) is 1.06. The second-order valence-corrected chi connectivity index (χ2v) is 5.93. The number of fused-ring (bicyclic) bond motifs is 1. The lowest BCUT2D eigenvalue weighted by atomic mass is 10.1. The lowest BCUT2D eigenvalue weighted by Crippen LogP contribution is -2.31. The monoisotopic (exact) mass is 335 g/mol. The van der Waals surface area contributed by atoms with Gasteiger partial charge in [-0.1, -0.05) is 36.4 Å². The Morgan fingerprint density at radius 3 is 2.48 bits per heavy atom. The zero-order valence-corrected chi connectivity index (χ0v) is 14.7. The highest BCUT2D eigenvalue weighted by molar-refractivity contribution is 5.96. The minimum atomic E-state index is -0.127. The van der Waals surface area contributed by atoms with Crippen LogP contribution in [-0.2, 0) is 4.79 Å². The van der Waals surface area contributed by atoms with Gasteiger partial charge in [0.2, 0.25) is 0 Å². The van der Waals surface area contributed by atoms with E-state index in [9.17, 15) is 4.79 Å². The molecule has 0 aliphatic rings. The summed E-state index contributed by atoms with van der Waals surface area (Å²) in [5.41, 5.74) is 1.91. The molecule has 0 heterocycles. The van der Waals surface area contributed by atoms with E-state index in [1.54, 1.807) is 19.1 Å². The second kappa shape index (κ2) is 7.26. The van der Waals surface area contributed by atoms with Crippen LogP contribution in [0.2, 0.25) is 0 Å². The van der Waals surface area contributed by atoms with Crippen molar-refractivity contribution in [2.45, 2.75) is 6.92 Å². The van der Waals surface area contributed by atoms with E-state index in [2.05, 4.69) is 0 Å². The van der Waals surface area contributed by atoms with Crippen LogP contribution in [0.15, 0.2) is 60.7 Å². The number of methoxy groups -OCH3 is 1. The molecule has 0 bridgehead atoms. The Morgan fingerprint density at radius 2 is 1.72 bits per heavy atom. The van der Waals surface area contributed by atoms with Crippen LogP contribution < -0.4 is 14.4 Å². The number of nitrogens with zero attached hydrogens (tertiary/aromatic N) is 1. The molecule has 0 spiro atoms. The van der Waals surface area contributed by atoms with Crippen molar-refractivity contribution in [3.05, 3.63) is 66.2 Å². The molecule has 3 aromatic carbocycles. The summed E-state index contributed by atoms with van der Waals surface area (Å²) in [5, 5.41) is 2.24. The van der Waals surface area contributed by atoms with Crippen LogP contribution in [0.5, 0.6) is 11.5 Å². The van der Waals surface area contributed by atoms with Crippen molar-refractivity contribution < 1.29 is 14.3 Å². The van der Waals surface area contributed by atoms with Crippen molar-refractivity contribution >= 4 is 22.4 Å². The lowest BCUT2D eigenvalue weighted by Gasteiger charge is -2.19. The zero-order chi connectivity index (χ0) is 17.8. The van der Waals surface area contributed by atoms with Crippen LogP contribution in [-0.4, -0.2) is 26.7 Å². The quantitative estimate of drug-likeness (QED) is 0.701. The highest BCUT2D eigenvalue weighted by Crippen LogP contribution is 2.28. The number of ether oxygens (including phenoxy) is 2. The fraction of sp³-hybridized carbons (Fsp3) is 0.190. The second-order valence-electron chi connectivity index (χ2n) is 5.93. The number of likely N-dealkylation sites (N-methyl/N-ethyl adjacent to an activating group) is 1. The molecule has 0 saturated heterocycles. The summed E-state index contributed by atoms with van der Waals surface area (Å²) in [6.45, 7) is 1.92. The van der Waals surface area contributed by atoms with E-state index >= 15 is 0 Å². The van der Waals surface area contributed by atoms with Crippen LogP contribution >= 0.6 is 0 Å². The molecule has 0 atom stereocenters. The highest BCUT2D eigenvalue weighted by Gasteiger charge is 2.14. The Hall–Kier alpha value is -3.01. The molecule has 0 radical (unpaired) electrons. The number of hydrogen-bond acceptors (Lipinski definition) is 3. The predicted octanol–water partition coefficient (Wildman–Crippen LogP) is 4.20. The molecular formula is C21H21NO3. The number of aryl methyl sites for hydroxylation is 1. The van der Waals surface area contributed by atoms with Gasteiger partial charge in [0.05, 0.1) is 7.11 Å². The first-order valence-corrected chi connectivity index (χ1v) is 8.11. The summed E-state index contributed by atoms with van der Waals surface area (Å²) in [4.78, 5) is 14.1. The van der Waals surface area contributed by atoms with Gasteiger partial charge in [-0.05, 0) is 47.5 Å². The molecule has 0 saturated carbocycles. The van der Waals surface area contributed by atoms with Gasteiger partial charge in [0, 0.05) is 12.7 Å². The zero-order valence-electron chi connectivity index (χ0n) is 14.7. The molecule has 0 aliphatic carbocycles. The van der Waals surface area contributed by atoms with E-state index in [4.69, 9.17) is 9.47 Å². The third-order valence-corrected chi connectivity index (χ3v) is 4.16. The number of rotatable bonds is 5. The SMILES string of the molecule is COc1cc(C)ccc1OCC(=O)N(C)c1ccc2ccccc2c1. The van der Waals surface area contributed by atoms with Gasteiger partial charge in [-0.2, -0.15) is 0 Å². The smallest absolute Gasteiger partial charge is 0.264 e. The van der Waals surface area contributed by atoms with Crippen molar-refractivity contribution in [2.24, 2.45) is 0 Å². The molecule has 3 rings (SSSR count). The van der Waals surface area contributed by atoms with Gasteiger partial charge < -0.3 is 14.4 Å². The third-order valence-electron chi connectivity index (χ3n) is 4.16. The van der Waals surface area contributed by atoms with E-state index in [0.717, 1.165) is 22.0 Å². The largest absolute Gasteiger partial charge is 0.493 e. The molecule has 128 valence electrons. The van der Waals surface area contributed by atoms with Gasteiger partial charge in [0.25, 0.3) is 5.91 Å². The molecule has 0 N–H and O–H groups in total. The average molecular weight is 335 g/mol. The maximum atomic E-state index is 12.5. The Balaban J connectivity index is 1.72. The normalized spacial score (nSPS) is 10.5. The van der Waals surface area contributed by atoms with Crippen LogP contribution in [0, 0.1) is 6.92 Å². The molecule has 4 nitrogen and oxygen atoms in total. The highest BCUT2D eigenvalue weighted by atomic mass is 16.5. The van der Waals surface area contributed by atoms with E-state index in [1.807, 2.05) is 67.6 Å². The van der Waals surface area contributed by atoms with Crippen LogP contribution in [0.3, 0.4) is 0 Å². The first-order chi connectivity index (χ1) is 12.1. The van der Waals surface area contributed by atoms with E-state index in [1.165, 1.54) is 0 Å². The molecule has 0 aromatic heterocycles. The maximum absolute atomic E-state index is 12.5. The summed E-state index contributed by atoms with van der Waals surface area (Å²) >= 11 is 0. The fourth-order valence-electron chi connectivity index (χ4n) is 2.66. The van der Waals surface area contributed by atoms with Gasteiger partial charge in [-0.3, -0.25) is 4.79 Å². The molecular weight excluding hydrogens is 314 g/mol. The summed E-state index contributed by atoms with van der Waals surface area (Å²) in [6, 6.07) is 19.6. The van der Waals surface area contributed by atoms with Crippen molar-refractivity contribution in [2.75, 3.05) is 25.7 Å². The van der Waals surface area contributed by atoms with Crippen LogP contribution in [0.1, 0.15) is 5.56 Å². The molecule has 0 unspecified atom stereocenters. The standard InChI is InChI=1S/C21H21NO3/c1-15-8-11-19(20(12-15)24-3)25-14-21(23)22(2)18-10-9-16-6-4-5-7-17(16)13-18/h4-13H,14H2,1-3H3. The topological polar surface area (TPSA) is 38.8 Å². The van der Waals surface area contributed by atoms with Gasteiger partial charge in [0.1, 0.15) is 0 Å². The van der Waals surface area contributed by atoms with Crippen molar-refractivity contribution in [1.82, 2.24) is 0 Å². The van der Waals surface area contributed by atoms with Gasteiger partial charge in [0.15, 0.2) is 18.1 Å². The minimum absolute atomic E-state index is 0.0528. The average Bonchev–Trinajstić information content (AvgIpc) is 2.65. The van der Waals surface area contributed by atoms with Gasteiger partial charge in [-0.15, -0.1) is 0 Å². The van der Waals surface area contributed by atoms with Crippen molar-refractivity contribution in [3.63, 3.8) is 0 Å². The third kappa shape index (κ3) is 3.74. The predicted molar refractivity (Wildman–Crippen MR) is 101 cm³/mol. The van der Waals surface area contributed by atoms with E-state index in [0.29, 0.717) is 11.5 Å². The van der Waals surface area contributed by atoms with Crippen LogP contribution in [0.25, 0.3) is 10.8 Å². The minimum Gasteiger partial charge on any atom is -0.493 e. The Kier molecular flexibility index (Phi) is 4.89. The van der Waals surface area contributed by atoms with E-state index in [-0.39, 0.29) is 12.5 Å². The van der Waals surface area contributed by atoms with Gasteiger partial charge in [-0.25, -0.2) is 0 Å². The first kappa shape index (κ1) is 16.8. The van der Waals surface area contributed by atoms with Crippen molar-refractivity contribution in [3.8, 4) is 11.5 Å². The Morgan fingerprint density at radius 1 is 0.960 bits per heavy atom. The number of hydrogen-bond donors (Lipinski definition) is 0. The first-order valence-electron chi connectivity index (χ1n) is 8.11. The number of amides is 1. The number of carbonyl (C=O) groups excluding carboxylic acids is 1. The van der Waals surface area contributed by atoms with E-state index < -0.39 is 0 Å². The summed E-state index contributed by atoms with van der Waals surface area (Å²) in [6.07, 6.45) is 0. The van der Waals surface area contributed by atoms with Crippen molar-refractivity contribution in [1.29, 1.82) is 0 Å². The summed E-state index contributed by atoms with van der Waals surface area (Å²) < 4.78 is 11.0. The summed E-state index contributed by atoms with van der Waals surface area (Å²) in [7, 11) is 3.34. The molecule has 25 heavy (non-hydrogen) atoms. The molecule has 4 heteroatoms. The Bertz CT molecular complexity index is 905. The molecule has 0 fully saturated rings. The maximum Gasteiger partial charge on any atom is 0.264 e. The molecule has 1 amide bonds. The van der Waals surface area contributed by atoms with Crippen LogP contribution in [0.4, 0.5) is 5.69 Å². The number of carbonyl (C=O) groups is 1. The fourth-order valence-corrected chi connectivity index (χ4v) is 2.66. The Labute approximate surface area is 147 Å². The number of anilines is 1. The lowest BCUT2D eigenvalue weighted by molar-refractivity contribution is -0.120.